The molecule has 1 heterocycles. The van der Waals surface area contributed by atoms with Crippen LogP contribution in [0.1, 0.15) is 49.8 Å². The molecule has 0 amide bonds. The summed E-state index contributed by atoms with van der Waals surface area (Å²) < 4.78 is 0. The van der Waals surface area contributed by atoms with Crippen LogP contribution in [0.15, 0.2) is 30.3 Å². The van der Waals surface area contributed by atoms with Crippen molar-refractivity contribution in [1.29, 1.82) is 0 Å². The zero-order valence-electron chi connectivity index (χ0n) is 11.9. The van der Waals surface area contributed by atoms with Gasteiger partial charge in [-0.1, -0.05) is 50.3 Å². The second kappa shape index (κ2) is 5.73. The normalized spacial score (nSPS) is 16.9. The summed E-state index contributed by atoms with van der Waals surface area (Å²) in [5, 5.41) is 1.35. The molecule has 3 rings (SSSR count). The van der Waals surface area contributed by atoms with Crippen LogP contribution in [0, 0.1) is 12.8 Å². The van der Waals surface area contributed by atoms with E-state index < -0.39 is 0 Å². The van der Waals surface area contributed by atoms with E-state index in [1.807, 2.05) is 0 Å². The van der Waals surface area contributed by atoms with Crippen molar-refractivity contribution >= 4 is 10.9 Å². The Bertz CT molecular complexity index is 553. The second-order valence-corrected chi connectivity index (χ2v) is 5.98. The smallest absolute Gasteiger partial charge is 0.0707 e. The lowest BCUT2D eigenvalue weighted by Gasteiger charge is -2.21. The Morgan fingerprint density at radius 2 is 1.89 bits per heavy atom. The average molecular weight is 253 g/mol. The highest BCUT2D eigenvalue weighted by Gasteiger charge is 2.14. The van der Waals surface area contributed by atoms with Crippen LogP contribution in [0.4, 0.5) is 0 Å². The molecule has 19 heavy (non-hydrogen) atoms. The van der Waals surface area contributed by atoms with Crippen molar-refractivity contribution in [3.05, 3.63) is 41.6 Å². The highest BCUT2D eigenvalue weighted by molar-refractivity contribution is 5.82. The van der Waals surface area contributed by atoms with Gasteiger partial charge in [0.1, 0.15) is 0 Å². The van der Waals surface area contributed by atoms with Gasteiger partial charge in [-0.25, -0.2) is 0 Å². The van der Waals surface area contributed by atoms with Gasteiger partial charge in [-0.3, -0.25) is 4.98 Å². The molecule has 1 nitrogen and oxygen atoms in total. The molecule has 1 saturated carbocycles. The number of benzene rings is 1. The molecule has 1 heteroatoms. The minimum atomic E-state index is 0.959. The summed E-state index contributed by atoms with van der Waals surface area (Å²) in [6.45, 7) is 2.11. The number of hydrogen-bond donors (Lipinski definition) is 0. The molecule has 0 aliphatic heterocycles. The number of nitrogens with zero attached hydrogens (tertiary/aromatic N) is 1. The van der Waals surface area contributed by atoms with Crippen LogP contribution in [0.5, 0.6) is 0 Å². The van der Waals surface area contributed by atoms with Gasteiger partial charge in [0.05, 0.1) is 5.52 Å². The van der Waals surface area contributed by atoms with Gasteiger partial charge in [0.15, 0.2) is 0 Å². The summed E-state index contributed by atoms with van der Waals surface area (Å²) in [6, 6.07) is 10.8. The summed E-state index contributed by atoms with van der Waals surface area (Å²) in [5.74, 6) is 0.959. The Kier molecular flexibility index (Phi) is 3.82. The third kappa shape index (κ3) is 2.97. The van der Waals surface area contributed by atoms with Crippen molar-refractivity contribution in [2.24, 2.45) is 5.92 Å². The van der Waals surface area contributed by atoms with Gasteiger partial charge in [-0.2, -0.15) is 0 Å². The Morgan fingerprint density at radius 1 is 1.11 bits per heavy atom. The fourth-order valence-corrected chi connectivity index (χ4v) is 3.44. The maximum atomic E-state index is 4.63. The molecule has 1 aromatic heterocycles. The maximum Gasteiger partial charge on any atom is 0.0707 e. The van der Waals surface area contributed by atoms with Gasteiger partial charge in [-0.05, 0) is 43.4 Å². The van der Waals surface area contributed by atoms with E-state index in [9.17, 15) is 0 Å². The maximum absolute atomic E-state index is 4.63. The van der Waals surface area contributed by atoms with Crippen molar-refractivity contribution in [2.45, 2.75) is 51.9 Å². The van der Waals surface area contributed by atoms with E-state index in [2.05, 4.69) is 42.2 Å². The molecule has 0 unspecified atom stereocenters. The molecule has 2 aromatic rings. The van der Waals surface area contributed by atoms with Crippen molar-refractivity contribution in [3.8, 4) is 0 Å². The molecule has 0 N–H and O–H groups in total. The quantitative estimate of drug-likeness (QED) is 0.745. The lowest BCUT2D eigenvalue weighted by molar-refractivity contribution is 0.339. The predicted molar refractivity (Wildman–Crippen MR) is 81.4 cm³/mol. The van der Waals surface area contributed by atoms with E-state index in [0.717, 1.165) is 17.1 Å². The molecule has 1 aliphatic carbocycles. The third-order valence-corrected chi connectivity index (χ3v) is 4.48. The van der Waals surface area contributed by atoms with Gasteiger partial charge in [-0.15, -0.1) is 0 Å². The van der Waals surface area contributed by atoms with Crippen LogP contribution in [-0.4, -0.2) is 4.98 Å². The highest BCUT2D eigenvalue weighted by atomic mass is 14.7. The molecule has 1 aromatic carbocycles. The number of para-hydroxylation sites is 1. The van der Waals surface area contributed by atoms with E-state index in [4.69, 9.17) is 0 Å². The van der Waals surface area contributed by atoms with Crippen LogP contribution in [0.25, 0.3) is 10.9 Å². The Hall–Kier alpha value is -1.37. The number of rotatable bonds is 3. The Morgan fingerprint density at radius 3 is 2.74 bits per heavy atom. The summed E-state index contributed by atoms with van der Waals surface area (Å²) >= 11 is 0. The molecule has 100 valence electrons. The monoisotopic (exact) mass is 253 g/mol. The Labute approximate surface area is 116 Å². The standard InChI is InChI=1S/C18H23N/c1-14-13-16(12-11-15-7-3-2-4-8-15)17-9-5-6-10-18(17)19-14/h5-6,9-10,13,15H,2-4,7-8,11-12H2,1H3. The largest absolute Gasteiger partial charge is 0.253 e. The van der Waals surface area contributed by atoms with Crippen molar-refractivity contribution in [2.75, 3.05) is 0 Å². The van der Waals surface area contributed by atoms with E-state index in [1.165, 1.54) is 55.9 Å². The molecule has 1 aliphatic rings. The van der Waals surface area contributed by atoms with Crippen LogP contribution in [0.3, 0.4) is 0 Å². The minimum Gasteiger partial charge on any atom is -0.253 e. The molecular formula is C18H23N. The van der Waals surface area contributed by atoms with Crippen molar-refractivity contribution in [3.63, 3.8) is 0 Å². The van der Waals surface area contributed by atoms with Gasteiger partial charge < -0.3 is 0 Å². The number of fused-ring (bicyclic) bond motifs is 1. The molecule has 0 radical (unpaired) electrons. The van der Waals surface area contributed by atoms with E-state index in [0.29, 0.717) is 0 Å². The Balaban J connectivity index is 1.79. The molecule has 0 saturated heterocycles. The number of aromatic nitrogens is 1. The topological polar surface area (TPSA) is 12.9 Å². The zero-order chi connectivity index (χ0) is 13.1. The lowest BCUT2D eigenvalue weighted by Crippen LogP contribution is -2.07. The van der Waals surface area contributed by atoms with Crippen molar-refractivity contribution in [1.82, 2.24) is 4.98 Å². The molecule has 0 spiro atoms. The number of hydrogen-bond acceptors (Lipinski definition) is 1. The van der Waals surface area contributed by atoms with Crippen molar-refractivity contribution < 1.29 is 0 Å². The lowest BCUT2D eigenvalue weighted by atomic mass is 9.85. The van der Waals surface area contributed by atoms with Crippen LogP contribution < -0.4 is 0 Å². The summed E-state index contributed by atoms with van der Waals surface area (Å²) in [5.41, 5.74) is 3.80. The molecule has 0 atom stereocenters. The molecule has 1 fully saturated rings. The fraction of sp³-hybridized carbons (Fsp3) is 0.500. The first-order valence-electron chi connectivity index (χ1n) is 7.68. The average Bonchev–Trinajstić information content (AvgIpc) is 2.45. The SMILES string of the molecule is Cc1cc(CCC2CCCCC2)c2ccccc2n1. The second-order valence-electron chi connectivity index (χ2n) is 5.98. The van der Waals surface area contributed by atoms with Crippen LogP contribution in [0.2, 0.25) is 0 Å². The summed E-state index contributed by atoms with van der Waals surface area (Å²) in [4.78, 5) is 4.63. The number of pyridine rings is 1. The first-order chi connectivity index (χ1) is 9.33. The van der Waals surface area contributed by atoms with Gasteiger partial charge in [0.25, 0.3) is 0 Å². The summed E-state index contributed by atoms with van der Waals surface area (Å²) in [6.07, 6.45) is 9.81. The van der Waals surface area contributed by atoms with E-state index in [-0.39, 0.29) is 0 Å². The zero-order valence-corrected chi connectivity index (χ0v) is 11.9. The third-order valence-electron chi connectivity index (χ3n) is 4.48. The highest BCUT2D eigenvalue weighted by Crippen LogP contribution is 2.29. The van der Waals surface area contributed by atoms with Crippen LogP contribution in [-0.2, 0) is 6.42 Å². The predicted octanol–water partition coefficient (Wildman–Crippen LogP) is 5.06. The van der Waals surface area contributed by atoms with Gasteiger partial charge >= 0.3 is 0 Å². The molecule has 0 bridgehead atoms. The van der Waals surface area contributed by atoms with Crippen LogP contribution >= 0.6 is 0 Å². The first kappa shape index (κ1) is 12.7. The van der Waals surface area contributed by atoms with E-state index >= 15 is 0 Å². The first-order valence-corrected chi connectivity index (χ1v) is 7.68. The fourth-order valence-electron chi connectivity index (χ4n) is 3.44. The number of aryl methyl sites for hydroxylation is 2. The van der Waals surface area contributed by atoms with Gasteiger partial charge in [0.2, 0.25) is 0 Å². The van der Waals surface area contributed by atoms with Gasteiger partial charge in [0, 0.05) is 11.1 Å². The minimum absolute atomic E-state index is 0.959. The molecular weight excluding hydrogens is 230 g/mol. The summed E-state index contributed by atoms with van der Waals surface area (Å²) in [7, 11) is 0. The van der Waals surface area contributed by atoms with E-state index in [1.54, 1.807) is 0 Å².